The molecule has 1 aliphatic rings. The van der Waals surface area contributed by atoms with E-state index in [-0.39, 0.29) is 5.92 Å². The molecule has 0 aromatic heterocycles. The summed E-state index contributed by atoms with van der Waals surface area (Å²) in [5, 5.41) is 3.29. The van der Waals surface area contributed by atoms with Crippen LogP contribution in [-0.2, 0) is 4.79 Å². The lowest BCUT2D eigenvalue weighted by molar-refractivity contribution is -0.124. The summed E-state index contributed by atoms with van der Waals surface area (Å²) < 4.78 is 0. The van der Waals surface area contributed by atoms with Gasteiger partial charge in [0.15, 0.2) is 0 Å². The molecular weight excluding hydrogens is 176 g/mol. The summed E-state index contributed by atoms with van der Waals surface area (Å²) in [6.45, 7) is 8.95. The van der Waals surface area contributed by atoms with Gasteiger partial charge in [-0.3, -0.25) is 9.69 Å². The Morgan fingerprint density at radius 2 is 1.86 bits per heavy atom. The normalized spacial score (nSPS) is 18.8. The molecule has 0 aromatic rings. The topological polar surface area (TPSA) is 32.3 Å². The van der Waals surface area contributed by atoms with Crippen LogP contribution in [0, 0.1) is 5.92 Å². The maximum absolute atomic E-state index is 11.8. The minimum atomic E-state index is 0.282. The van der Waals surface area contributed by atoms with Crippen LogP contribution in [0.4, 0.5) is 0 Å². The first-order valence-corrected chi connectivity index (χ1v) is 5.73. The first-order valence-electron chi connectivity index (χ1n) is 5.73. The minimum absolute atomic E-state index is 0.282. The summed E-state index contributed by atoms with van der Waals surface area (Å²) >= 11 is 0. The SMILES string of the molecule is CCC(CC)C(=O)CN1CCNCC1. The minimum Gasteiger partial charge on any atom is -0.314 e. The van der Waals surface area contributed by atoms with Crippen molar-refractivity contribution in [1.29, 1.82) is 0 Å². The molecule has 0 radical (unpaired) electrons. The molecular formula is C11H22N2O. The Morgan fingerprint density at radius 1 is 1.29 bits per heavy atom. The molecule has 14 heavy (non-hydrogen) atoms. The molecule has 1 fully saturated rings. The van der Waals surface area contributed by atoms with E-state index in [9.17, 15) is 4.79 Å². The smallest absolute Gasteiger partial charge is 0.149 e. The van der Waals surface area contributed by atoms with E-state index >= 15 is 0 Å². The lowest BCUT2D eigenvalue weighted by atomic mass is 9.98. The number of rotatable bonds is 5. The van der Waals surface area contributed by atoms with Gasteiger partial charge in [0.2, 0.25) is 0 Å². The quantitative estimate of drug-likeness (QED) is 0.712. The fourth-order valence-electron chi connectivity index (χ4n) is 1.96. The van der Waals surface area contributed by atoms with Crippen molar-refractivity contribution < 1.29 is 4.79 Å². The Bertz CT molecular complexity index is 172. The van der Waals surface area contributed by atoms with Crippen LogP contribution < -0.4 is 5.32 Å². The van der Waals surface area contributed by atoms with Gasteiger partial charge in [0.1, 0.15) is 5.78 Å². The molecule has 0 spiro atoms. The number of hydrogen-bond acceptors (Lipinski definition) is 3. The van der Waals surface area contributed by atoms with E-state index in [0.29, 0.717) is 12.3 Å². The van der Waals surface area contributed by atoms with Crippen LogP contribution in [0.5, 0.6) is 0 Å². The Balaban J connectivity index is 2.30. The van der Waals surface area contributed by atoms with Crippen LogP contribution in [0.15, 0.2) is 0 Å². The average molecular weight is 198 g/mol. The maximum atomic E-state index is 11.8. The summed E-state index contributed by atoms with van der Waals surface area (Å²) in [5.74, 6) is 0.710. The first-order chi connectivity index (χ1) is 6.77. The van der Waals surface area contributed by atoms with E-state index in [0.717, 1.165) is 39.0 Å². The summed E-state index contributed by atoms with van der Waals surface area (Å²) in [6, 6.07) is 0. The number of Topliss-reactive ketones (excluding diaryl/α,β-unsaturated/α-hetero) is 1. The molecule has 1 saturated heterocycles. The van der Waals surface area contributed by atoms with Crippen molar-refractivity contribution >= 4 is 5.78 Å². The third-order valence-corrected chi connectivity index (χ3v) is 3.03. The Labute approximate surface area is 86.9 Å². The van der Waals surface area contributed by atoms with Crippen molar-refractivity contribution in [2.75, 3.05) is 32.7 Å². The van der Waals surface area contributed by atoms with E-state index in [1.54, 1.807) is 0 Å². The molecule has 3 heteroatoms. The van der Waals surface area contributed by atoms with E-state index in [4.69, 9.17) is 0 Å². The van der Waals surface area contributed by atoms with Crippen molar-refractivity contribution in [2.24, 2.45) is 5.92 Å². The molecule has 0 unspecified atom stereocenters. The largest absolute Gasteiger partial charge is 0.314 e. The van der Waals surface area contributed by atoms with E-state index in [2.05, 4.69) is 24.1 Å². The highest BCUT2D eigenvalue weighted by molar-refractivity contribution is 5.82. The van der Waals surface area contributed by atoms with Crippen LogP contribution in [0.2, 0.25) is 0 Å². The number of nitrogens with one attached hydrogen (secondary N) is 1. The highest BCUT2D eigenvalue weighted by atomic mass is 16.1. The third kappa shape index (κ3) is 3.39. The number of carbonyl (C=O) groups is 1. The predicted octanol–water partition coefficient (Wildman–Crippen LogP) is 0.897. The molecule has 0 saturated carbocycles. The van der Waals surface area contributed by atoms with Gasteiger partial charge in [-0.2, -0.15) is 0 Å². The van der Waals surface area contributed by atoms with Gasteiger partial charge in [-0.05, 0) is 12.8 Å². The van der Waals surface area contributed by atoms with Gasteiger partial charge >= 0.3 is 0 Å². The summed E-state index contributed by atoms with van der Waals surface area (Å²) in [5.41, 5.74) is 0. The van der Waals surface area contributed by atoms with Gasteiger partial charge in [0.05, 0.1) is 6.54 Å². The van der Waals surface area contributed by atoms with Crippen molar-refractivity contribution in [3.8, 4) is 0 Å². The third-order valence-electron chi connectivity index (χ3n) is 3.03. The summed E-state index contributed by atoms with van der Waals surface area (Å²) in [4.78, 5) is 14.1. The zero-order valence-corrected chi connectivity index (χ0v) is 9.38. The van der Waals surface area contributed by atoms with E-state index in [1.165, 1.54) is 0 Å². The van der Waals surface area contributed by atoms with Crippen molar-refractivity contribution in [1.82, 2.24) is 10.2 Å². The van der Waals surface area contributed by atoms with E-state index in [1.807, 2.05) is 0 Å². The van der Waals surface area contributed by atoms with Gasteiger partial charge in [0.25, 0.3) is 0 Å². The number of carbonyl (C=O) groups excluding carboxylic acids is 1. The second kappa shape index (κ2) is 6.14. The fourth-order valence-corrected chi connectivity index (χ4v) is 1.96. The average Bonchev–Trinajstić information content (AvgIpc) is 2.21. The van der Waals surface area contributed by atoms with Gasteiger partial charge in [-0.15, -0.1) is 0 Å². The van der Waals surface area contributed by atoms with Crippen LogP contribution in [0.1, 0.15) is 26.7 Å². The lowest BCUT2D eigenvalue weighted by Gasteiger charge is -2.27. The molecule has 1 rings (SSSR count). The van der Waals surface area contributed by atoms with Gasteiger partial charge in [-0.1, -0.05) is 13.8 Å². The zero-order valence-electron chi connectivity index (χ0n) is 9.38. The second-order valence-corrected chi connectivity index (χ2v) is 4.01. The Kier molecular flexibility index (Phi) is 5.12. The summed E-state index contributed by atoms with van der Waals surface area (Å²) in [7, 11) is 0. The summed E-state index contributed by atoms with van der Waals surface area (Å²) in [6.07, 6.45) is 1.98. The predicted molar refractivity (Wildman–Crippen MR) is 58.4 cm³/mol. The highest BCUT2D eigenvalue weighted by Gasteiger charge is 2.18. The van der Waals surface area contributed by atoms with Crippen molar-refractivity contribution in [3.63, 3.8) is 0 Å². The molecule has 0 aliphatic carbocycles. The van der Waals surface area contributed by atoms with Crippen LogP contribution >= 0.6 is 0 Å². The molecule has 82 valence electrons. The zero-order chi connectivity index (χ0) is 10.4. The molecule has 1 aliphatic heterocycles. The van der Waals surface area contributed by atoms with Gasteiger partial charge < -0.3 is 5.32 Å². The van der Waals surface area contributed by atoms with Crippen LogP contribution in [0.3, 0.4) is 0 Å². The monoisotopic (exact) mass is 198 g/mol. The maximum Gasteiger partial charge on any atom is 0.149 e. The van der Waals surface area contributed by atoms with Crippen molar-refractivity contribution in [2.45, 2.75) is 26.7 Å². The number of piperazine rings is 1. The number of hydrogen-bond donors (Lipinski definition) is 1. The van der Waals surface area contributed by atoms with Gasteiger partial charge in [0, 0.05) is 32.1 Å². The Hall–Kier alpha value is -0.410. The number of nitrogens with zero attached hydrogens (tertiary/aromatic N) is 1. The molecule has 0 amide bonds. The molecule has 0 aromatic carbocycles. The molecule has 0 atom stereocenters. The Morgan fingerprint density at radius 3 is 2.36 bits per heavy atom. The van der Waals surface area contributed by atoms with Crippen LogP contribution in [0.25, 0.3) is 0 Å². The highest BCUT2D eigenvalue weighted by Crippen LogP contribution is 2.09. The number of ketones is 1. The second-order valence-electron chi connectivity index (χ2n) is 4.01. The van der Waals surface area contributed by atoms with Crippen molar-refractivity contribution in [3.05, 3.63) is 0 Å². The molecule has 0 bridgehead atoms. The molecule has 1 heterocycles. The van der Waals surface area contributed by atoms with Gasteiger partial charge in [-0.25, -0.2) is 0 Å². The van der Waals surface area contributed by atoms with Crippen LogP contribution in [-0.4, -0.2) is 43.4 Å². The first kappa shape index (κ1) is 11.7. The fraction of sp³-hybridized carbons (Fsp3) is 0.909. The molecule has 3 nitrogen and oxygen atoms in total. The lowest BCUT2D eigenvalue weighted by Crippen LogP contribution is -2.46. The van der Waals surface area contributed by atoms with E-state index < -0.39 is 0 Å². The standard InChI is InChI=1S/C11H22N2O/c1-3-10(4-2)11(14)9-13-7-5-12-6-8-13/h10,12H,3-9H2,1-2H3. The molecule has 1 N–H and O–H groups in total.